The second kappa shape index (κ2) is 8.21. The maximum Gasteiger partial charge on any atom is 0.119 e. The number of ether oxygens (including phenoxy) is 1. The minimum Gasteiger partial charge on any atom is -0.492 e. The molecular weight excluding hydrogens is 234 g/mol. The molecule has 0 fully saturated rings. The fourth-order valence-corrected chi connectivity index (χ4v) is 2.68. The van der Waals surface area contributed by atoms with Gasteiger partial charge in [-0.05, 0) is 55.5 Å². The first-order valence-corrected chi connectivity index (χ1v) is 7.85. The number of hydrogen-bond acceptors (Lipinski definition) is 2. The van der Waals surface area contributed by atoms with E-state index in [1.807, 2.05) is 0 Å². The Morgan fingerprint density at radius 1 is 1.05 bits per heavy atom. The van der Waals surface area contributed by atoms with Crippen LogP contribution in [0.5, 0.6) is 5.75 Å². The van der Waals surface area contributed by atoms with Gasteiger partial charge < -0.3 is 10.1 Å². The first-order valence-electron chi connectivity index (χ1n) is 7.85. The lowest BCUT2D eigenvalue weighted by Gasteiger charge is -2.09. The van der Waals surface area contributed by atoms with Crippen molar-refractivity contribution in [2.24, 2.45) is 0 Å². The van der Waals surface area contributed by atoms with E-state index in [1.54, 1.807) is 0 Å². The molecule has 2 rings (SSSR count). The summed E-state index contributed by atoms with van der Waals surface area (Å²) in [5.41, 5.74) is 3.01. The molecule has 1 aliphatic rings. The lowest BCUT2D eigenvalue weighted by Crippen LogP contribution is -2.22. The van der Waals surface area contributed by atoms with Gasteiger partial charge in [0.25, 0.3) is 0 Å². The van der Waals surface area contributed by atoms with Crippen LogP contribution >= 0.6 is 0 Å². The Bertz CT molecular complexity index is 376. The minimum absolute atomic E-state index is 0.770. The van der Waals surface area contributed by atoms with Crippen molar-refractivity contribution in [1.29, 1.82) is 0 Å². The van der Waals surface area contributed by atoms with E-state index in [0.717, 1.165) is 25.4 Å². The van der Waals surface area contributed by atoms with Gasteiger partial charge >= 0.3 is 0 Å². The largest absolute Gasteiger partial charge is 0.492 e. The number of aryl methyl sites for hydroxylation is 2. The highest BCUT2D eigenvalue weighted by Crippen LogP contribution is 2.25. The van der Waals surface area contributed by atoms with E-state index in [4.69, 9.17) is 4.74 Å². The van der Waals surface area contributed by atoms with Gasteiger partial charge in [-0.15, -0.1) is 0 Å². The normalized spacial score (nSPS) is 13.5. The van der Waals surface area contributed by atoms with Crippen molar-refractivity contribution in [2.45, 2.75) is 51.9 Å². The summed E-state index contributed by atoms with van der Waals surface area (Å²) in [5.74, 6) is 1.04. The first kappa shape index (κ1) is 14.4. The van der Waals surface area contributed by atoms with E-state index in [0.29, 0.717) is 0 Å². The smallest absolute Gasteiger partial charge is 0.119 e. The summed E-state index contributed by atoms with van der Waals surface area (Å²) >= 11 is 0. The van der Waals surface area contributed by atoms with Gasteiger partial charge in [0.2, 0.25) is 0 Å². The summed E-state index contributed by atoms with van der Waals surface area (Å²) in [6.45, 7) is 5.08. The molecule has 0 bridgehead atoms. The Balaban J connectivity index is 1.56. The van der Waals surface area contributed by atoms with Gasteiger partial charge in [-0.3, -0.25) is 0 Å². The average molecular weight is 261 g/mol. The van der Waals surface area contributed by atoms with Crippen LogP contribution in [0.25, 0.3) is 0 Å². The second-order valence-electron chi connectivity index (χ2n) is 5.44. The molecule has 0 aliphatic heterocycles. The number of nitrogens with one attached hydrogen (secondary N) is 1. The van der Waals surface area contributed by atoms with Gasteiger partial charge in [-0.25, -0.2) is 0 Å². The predicted molar refractivity (Wildman–Crippen MR) is 81.0 cm³/mol. The van der Waals surface area contributed by atoms with Gasteiger partial charge in [0.05, 0.1) is 0 Å². The number of hydrogen-bond donors (Lipinski definition) is 1. The molecule has 0 saturated carbocycles. The quantitative estimate of drug-likeness (QED) is 0.684. The maximum atomic E-state index is 5.80. The van der Waals surface area contributed by atoms with Crippen LogP contribution in [0.15, 0.2) is 18.2 Å². The van der Waals surface area contributed by atoms with E-state index in [-0.39, 0.29) is 0 Å². The molecule has 106 valence electrons. The van der Waals surface area contributed by atoms with Gasteiger partial charge in [-0.2, -0.15) is 0 Å². The number of rotatable bonds is 9. The third-order valence-corrected chi connectivity index (χ3v) is 3.82. The average Bonchev–Trinajstić information content (AvgIpc) is 2.89. The summed E-state index contributed by atoms with van der Waals surface area (Å²) in [7, 11) is 0. The zero-order chi connectivity index (χ0) is 13.3. The Hall–Kier alpha value is -1.02. The third-order valence-electron chi connectivity index (χ3n) is 3.82. The topological polar surface area (TPSA) is 21.3 Å². The molecule has 19 heavy (non-hydrogen) atoms. The predicted octanol–water partition coefficient (Wildman–Crippen LogP) is 3.72. The van der Waals surface area contributed by atoms with Crippen molar-refractivity contribution in [2.75, 3.05) is 19.7 Å². The van der Waals surface area contributed by atoms with Gasteiger partial charge in [0.15, 0.2) is 0 Å². The molecule has 0 spiro atoms. The van der Waals surface area contributed by atoms with Gasteiger partial charge in [0, 0.05) is 6.54 Å². The number of unbranched alkanes of at least 4 members (excludes halogenated alkanes) is 3. The number of benzene rings is 1. The van der Waals surface area contributed by atoms with Crippen molar-refractivity contribution >= 4 is 0 Å². The molecule has 0 unspecified atom stereocenters. The van der Waals surface area contributed by atoms with Crippen molar-refractivity contribution in [3.05, 3.63) is 29.3 Å². The summed E-state index contributed by atoms with van der Waals surface area (Å²) in [4.78, 5) is 0. The fourth-order valence-electron chi connectivity index (χ4n) is 2.68. The van der Waals surface area contributed by atoms with Crippen LogP contribution < -0.4 is 10.1 Å². The lowest BCUT2D eigenvalue weighted by molar-refractivity contribution is 0.313. The lowest BCUT2D eigenvalue weighted by atomic mass is 10.1. The second-order valence-corrected chi connectivity index (χ2v) is 5.44. The zero-order valence-electron chi connectivity index (χ0n) is 12.2. The monoisotopic (exact) mass is 261 g/mol. The highest BCUT2D eigenvalue weighted by atomic mass is 16.5. The van der Waals surface area contributed by atoms with Crippen LogP contribution in [-0.4, -0.2) is 19.7 Å². The van der Waals surface area contributed by atoms with Crippen LogP contribution in [0.2, 0.25) is 0 Å². The van der Waals surface area contributed by atoms with E-state index in [1.165, 1.54) is 56.1 Å². The molecule has 2 nitrogen and oxygen atoms in total. The Morgan fingerprint density at radius 3 is 2.84 bits per heavy atom. The molecule has 0 saturated heterocycles. The molecule has 0 heterocycles. The third kappa shape index (κ3) is 4.87. The van der Waals surface area contributed by atoms with Crippen LogP contribution in [-0.2, 0) is 12.8 Å². The van der Waals surface area contributed by atoms with Crippen molar-refractivity contribution in [3.63, 3.8) is 0 Å². The minimum atomic E-state index is 0.770. The Labute approximate surface area is 117 Å². The van der Waals surface area contributed by atoms with E-state index in [2.05, 4.69) is 30.4 Å². The first-order chi connectivity index (χ1) is 9.40. The molecule has 1 N–H and O–H groups in total. The van der Waals surface area contributed by atoms with Crippen LogP contribution in [0.1, 0.15) is 50.2 Å². The van der Waals surface area contributed by atoms with Crippen LogP contribution in [0.3, 0.4) is 0 Å². The molecular formula is C17H27NO. The van der Waals surface area contributed by atoms with E-state index >= 15 is 0 Å². The summed E-state index contributed by atoms with van der Waals surface area (Å²) in [5, 5.41) is 3.44. The molecule has 1 aromatic carbocycles. The van der Waals surface area contributed by atoms with Crippen molar-refractivity contribution < 1.29 is 4.74 Å². The molecule has 2 heteroatoms. The van der Waals surface area contributed by atoms with Gasteiger partial charge in [-0.1, -0.05) is 32.3 Å². The van der Waals surface area contributed by atoms with Crippen LogP contribution in [0.4, 0.5) is 0 Å². The summed E-state index contributed by atoms with van der Waals surface area (Å²) in [6.07, 6.45) is 9.06. The zero-order valence-corrected chi connectivity index (χ0v) is 12.2. The highest BCUT2D eigenvalue weighted by molar-refractivity contribution is 5.38. The molecule has 0 aromatic heterocycles. The maximum absolute atomic E-state index is 5.80. The van der Waals surface area contributed by atoms with Gasteiger partial charge in [0.1, 0.15) is 12.4 Å². The fraction of sp³-hybridized carbons (Fsp3) is 0.647. The highest BCUT2D eigenvalue weighted by Gasteiger charge is 2.10. The van der Waals surface area contributed by atoms with E-state index < -0.39 is 0 Å². The summed E-state index contributed by atoms with van der Waals surface area (Å²) < 4.78 is 5.80. The molecule has 0 radical (unpaired) electrons. The summed E-state index contributed by atoms with van der Waals surface area (Å²) in [6, 6.07) is 6.57. The molecule has 1 aromatic rings. The standard InChI is InChI=1S/C17H27NO/c1-2-3-4-5-11-18-12-13-19-17-10-9-15-7-6-8-16(15)14-17/h9-10,14,18H,2-8,11-13H2,1H3. The SMILES string of the molecule is CCCCCCNCCOc1ccc2c(c1)CCC2. The molecule has 1 aliphatic carbocycles. The Kier molecular flexibility index (Phi) is 6.22. The molecule has 0 atom stereocenters. The Morgan fingerprint density at radius 2 is 1.95 bits per heavy atom. The van der Waals surface area contributed by atoms with E-state index in [9.17, 15) is 0 Å². The molecule has 0 amide bonds. The number of fused-ring (bicyclic) bond motifs is 1. The van der Waals surface area contributed by atoms with Crippen molar-refractivity contribution in [3.8, 4) is 5.75 Å². The van der Waals surface area contributed by atoms with Crippen molar-refractivity contribution in [1.82, 2.24) is 5.32 Å². The van der Waals surface area contributed by atoms with Crippen LogP contribution in [0, 0.1) is 0 Å².